The largest absolute Gasteiger partial charge is 0.482 e. The van der Waals surface area contributed by atoms with Gasteiger partial charge in [-0.25, -0.2) is 0 Å². The standard InChI is InChI=1S/C17H13IO3/c1-11-17(21-12-7-3-2-4-8-12)15(18)16(19)13-9-5-6-10-14(13)20-11/h2-11H,1H3. The average Bonchev–Trinajstić information content (AvgIpc) is 2.60. The predicted molar refractivity (Wildman–Crippen MR) is 89.0 cm³/mol. The summed E-state index contributed by atoms with van der Waals surface area (Å²) < 4.78 is 12.3. The van der Waals surface area contributed by atoms with Crippen LogP contribution < -0.4 is 9.47 Å². The molecule has 0 aliphatic carbocycles. The van der Waals surface area contributed by atoms with E-state index in [1.807, 2.05) is 72.0 Å². The number of halogens is 1. The van der Waals surface area contributed by atoms with Crippen LogP contribution in [0.1, 0.15) is 17.3 Å². The Bertz CT molecular complexity index is 707. The van der Waals surface area contributed by atoms with Crippen LogP contribution >= 0.6 is 22.6 Å². The number of fused-ring (bicyclic) bond motifs is 1. The first-order valence-electron chi connectivity index (χ1n) is 6.60. The fourth-order valence-electron chi connectivity index (χ4n) is 2.15. The van der Waals surface area contributed by atoms with Gasteiger partial charge in [0.25, 0.3) is 0 Å². The summed E-state index contributed by atoms with van der Waals surface area (Å²) in [7, 11) is 0. The minimum atomic E-state index is -0.329. The molecule has 106 valence electrons. The number of hydrogen-bond donors (Lipinski definition) is 0. The van der Waals surface area contributed by atoms with Gasteiger partial charge in [-0.3, -0.25) is 4.79 Å². The van der Waals surface area contributed by atoms with E-state index >= 15 is 0 Å². The highest BCUT2D eigenvalue weighted by atomic mass is 127. The molecule has 1 unspecified atom stereocenters. The van der Waals surface area contributed by atoms with E-state index in [-0.39, 0.29) is 11.9 Å². The fourth-order valence-corrected chi connectivity index (χ4v) is 2.99. The van der Waals surface area contributed by atoms with Gasteiger partial charge in [0.05, 0.1) is 5.56 Å². The van der Waals surface area contributed by atoms with Crippen LogP contribution in [0.15, 0.2) is 63.9 Å². The number of carbonyl (C=O) groups excluding carboxylic acids is 1. The van der Waals surface area contributed by atoms with E-state index in [1.54, 1.807) is 12.1 Å². The van der Waals surface area contributed by atoms with Crippen LogP contribution in [0.3, 0.4) is 0 Å². The first-order valence-corrected chi connectivity index (χ1v) is 7.67. The summed E-state index contributed by atoms with van der Waals surface area (Å²) in [5, 5.41) is 0. The second-order valence-corrected chi connectivity index (χ2v) is 5.76. The van der Waals surface area contributed by atoms with Crippen LogP contribution in [0, 0.1) is 0 Å². The monoisotopic (exact) mass is 392 g/mol. The van der Waals surface area contributed by atoms with Gasteiger partial charge in [-0.1, -0.05) is 30.3 Å². The summed E-state index contributed by atoms with van der Waals surface area (Å²) in [6, 6.07) is 16.7. The van der Waals surface area contributed by atoms with Crippen molar-refractivity contribution in [2.24, 2.45) is 0 Å². The Kier molecular flexibility index (Phi) is 3.96. The van der Waals surface area contributed by atoms with Crippen LogP contribution in [0.4, 0.5) is 0 Å². The minimum Gasteiger partial charge on any atom is -0.482 e. The van der Waals surface area contributed by atoms with Crippen molar-refractivity contribution in [2.75, 3.05) is 0 Å². The lowest BCUT2D eigenvalue weighted by molar-refractivity contribution is 0.104. The molecule has 3 nitrogen and oxygen atoms in total. The summed E-state index contributed by atoms with van der Waals surface area (Å²) in [5.74, 6) is 1.76. The highest BCUT2D eigenvalue weighted by Gasteiger charge is 2.29. The minimum absolute atomic E-state index is 0.0681. The van der Waals surface area contributed by atoms with Gasteiger partial charge in [0.2, 0.25) is 5.78 Å². The molecule has 0 saturated carbocycles. The number of ether oxygens (including phenoxy) is 2. The molecular weight excluding hydrogens is 379 g/mol. The van der Waals surface area contributed by atoms with Crippen molar-refractivity contribution in [3.05, 3.63) is 69.5 Å². The lowest BCUT2D eigenvalue weighted by Gasteiger charge is -2.17. The maximum atomic E-state index is 12.6. The Morgan fingerprint density at radius 2 is 1.71 bits per heavy atom. The van der Waals surface area contributed by atoms with Gasteiger partial charge in [0, 0.05) is 0 Å². The molecule has 0 spiro atoms. The Morgan fingerprint density at radius 1 is 1.05 bits per heavy atom. The van der Waals surface area contributed by atoms with E-state index in [1.165, 1.54) is 0 Å². The number of benzene rings is 2. The second-order valence-electron chi connectivity index (χ2n) is 4.68. The molecule has 0 radical (unpaired) electrons. The molecule has 2 aromatic rings. The molecule has 0 fully saturated rings. The van der Waals surface area contributed by atoms with Crippen LogP contribution in [0.25, 0.3) is 0 Å². The van der Waals surface area contributed by atoms with E-state index < -0.39 is 0 Å². The van der Waals surface area contributed by atoms with Gasteiger partial charge in [-0.15, -0.1) is 0 Å². The number of allylic oxidation sites excluding steroid dienone is 1. The Balaban J connectivity index is 2.01. The highest BCUT2D eigenvalue weighted by molar-refractivity contribution is 14.1. The van der Waals surface area contributed by atoms with Crippen molar-refractivity contribution in [1.29, 1.82) is 0 Å². The smallest absolute Gasteiger partial charge is 0.206 e. The molecule has 0 amide bonds. The maximum absolute atomic E-state index is 12.6. The van der Waals surface area contributed by atoms with Crippen molar-refractivity contribution < 1.29 is 14.3 Å². The Hall–Kier alpha value is -1.82. The summed E-state index contributed by atoms with van der Waals surface area (Å²) in [5.41, 5.74) is 0.570. The van der Waals surface area contributed by atoms with E-state index in [4.69, 9.17) is 9.47 Å². The number of para-hydroxylation sites is 2. The van der Waals surface area contributed by atoms with Crippen LogP contribution in [0.2, 0.25) is 0 Å². The molecule has 1 atom stereocenters. The van der Waals surface area contributed by atoms with E-state index in [0.29, 0.717) is 26.4 Å². The molecule has 2 aromatic carbocycles. The summed E-state index contributed by atoms with van der Waals surface area (Å²) in [6.45, 7) is 1.88. The zero-order valence-corrected chi connectivity index (χ0v) is 13.5. The molecule has 21 heavy (non-hydrogen) atoms. The summed E-state index contributed by atoms with van der Waals surface area (Å²) in [4.78, 5) is 12.6. The van der Waals surface area contributed by atoms with Crippen LogP contribution in [-0.2, 0) is 0 Å². The van der Waals surface area contributed by atoms with E-state index in [9.17, 15) is 4.79 Å². The Labute approximate surface area is 136 Å². The topological polar surface area (TPSA) is 35.5 Å². The molecule has 4 heteroatoms. The van der Waals surface area contributed by atoms with Crippen LogP contribution in [-0.4, -0.2) is 11.9 Å². The zero-order valence-electron chi connectivity index (χ0n) is 11.4. The van der Waals surface area contributed by atoms with Crippen molar-refractivity contribution >= 4 is 28.4 Å². The molecule has 1 aliphatic rings. The van der Waals surface area contributed by atoms with Gasteiger partial charge >= 0.3 is 0 Å². The van der Waals surface area contributed by atoms with Crippen LogP contribution in [0.5, 0.6) is 11.5 Å². The first kappa shape index (κ1) is 14.1. The number of Topliss-reactive ketones (excluding diaryl/α,β-unsaturated/α-hetero) is 1. The molecule has 0 aromatic heterocycles. The van der Waals surface area contributed by atoms with Crippen molar-refractivity contribution in [2.45, 2.75) is 13.0 Å². The lowest BCUT2D eigenvalue weighted by Crippen LogP contribution is -2.19. The zero-order chi connectivity index (χ0) is 14.8. The molecule has 0 N–H and O–H groups in total. The van der Waals surface area contributed by atoms with Crippen molar-refractivity contribution in [3.63, 3.8) is 0 Å². The van der Waals surface area contributed by atoms with E-state index in [0.717, 1.165) is 0 Å². The number of ketones is 1. The highest BCUT2D eigenvalue weighted by Crippen LogP contribution is 2.33. The normalized spacial score (nSPS) is 17.8. The predicted octanol–water partition coefficient (Wildman–Crippen LogP) is 4.38. The third-order valence-electron chi connectivity index (χ3n) is 3.19. The maximum Gasteiger partial charge on any atom is 0.206 e. The Morgan fingerprint density at radius 3 is 2.48 bits per heavy atom. The third kappa shape index (κ3) is 2.81. The number of carbonyl (C=O) groups is 1. The SMILES string of the molecule is CC1Oc2ccccc2C(=O)C(I)=C1Oc1ccccc1. The molecule has 0 saturated heterocycles. The fraction of sp³-hybridized carbons (Fsp3) is 0.118. The second kappa shape index (κ2) is 5.89. The quantitative estimate of drug-likeness (QED) is 0.712. The van der Waals surface area contributed by atoms with E-state index in [2.05, 4.69) is 0 Å². The molecular formula is C17H13IO3. The van der Waals surface area contributed by atoms with Crippen molar-refractivity contribution in [1.82, 2.24) is 0 Å². The number of hydrogen-bond acceptors (Lipinski definition) is 3. The van der Waals surface area contributed by atoms with Gasteiger partial charge in [-0.05, 0) is 53.8 Å². The molecule has 1 aliphatic heterocycles. The average molecular weight is 392 g/mol. The first-order chi connectivity index (χ1) is 10.2. The number of rotatable bonds is 2. The third-order valence-corrected chi connectivity index (χ3v) is 4.21. The van der Waals surface area contributed by atoms with Gasteiger partial charge < -0.3 is 9.47 Å². The van der Waals surface area contributed by atoms with Gasteiger partial charge in [-0.2, -0.15) is 0 Å². The summed E-state index contributed by atoms with van der Waals surface area (Å²) >= 11 is 2.03. The van der Waals surface area contributed by atoms with Gasteiger partial charge in [0.15, 0.2) is 11.9 Å². The molecule has 3 rings (SSSR count). The summed E-state index contributed by atoms with van der Waals surface area (Å²) in [6.07, 6.45) is -0.329. The lowest BCUT2D eigenvalue weighted by atomic mass is 10.1. The van der Waals surface area contributed by atoms with Gasteiger partial charge in [0.1, 0.15) is 15.1 Å². The van der Waals surface area contributed by atoms with Crippen molar-refractivity contribution in [3.8, 4) is 11.5 Å². The molecule has 0 bridgehead atoms. The molecule has 1 heterocycles.